The van der Waals surface area contributed by atoms with E-state index < -0.39 is 29.8 Å². The van der Waals surface area contributed by atoms with Crippen LogP contribution in [0.25, 0.3) is 10.4 Å². The predicted octanol–water partition coefficient (Wildman–Crippen LogP) is 6.32. The molecule has 1 saturated carbocycles. The van der Waals surface area contributed by atoms with Crippen LogP contribution in [-0.4, -0.2) is 34.1 Å². The van der Waals surface area contributed by atoms with E-state index in [9.17, 15) is 24.6 Å². The van der Waals surface area contributed by atoms with Gasteiger partial charge < -0.3 is 15.1 Å². The van der Waals surface area contributed by atoms with Crippen molar-refractivity contribution in [1.82, 2.24) is 0 Å². The van der Waals surface area contributed by atoms with E-state index in [1.54, 1.807) is 6.07 Å². The largest absolute Gasteiger partial charge is 0.481 e. The monoisotopic (exact) mass is 503 g/mol. The molecule has 1 aromatic heterocycles. The summed E-state index contributed by atoms with van der Waals surface area (Å²) in [6, 6.07) is 15.0. The normalized spacial score (nSPS) is 17.6. The highest BCUT2D eigenvalue weighted by Crippen LogP contribution is 2.42. The summed E-state index contributed by atoms with van der Waals surface area (Å²) in [6.07, 6.45) is 1.06. The van der Waals surface area contributed by atoms with Crippen molar-refractivity contribution in [2.24, 2.45) is 5.92 Å². The maximum Gasteiger partial charge on any atom is 0.348 e. The molecule has 2 unspecified atom stereocenters. The lowest BCUT2D eigenvalue weighted by atomic mass is 10.1. The lowest BCUT2D eigenvalue weighted by Crippen LogP contribution is -2.40. The number of thiophene rings is 1. The fourth-order valence-electron chi connectivity index (χ4n) is 4.14. The number of carbonyl (C=O) groups excluding carboxylic acids is 1. The molecule has 2 N–H and O–H groups in total. The van der Waals surface area contributed by atoms with Gasteiger partial charge in [-0.2, -0.15) is 0 Å². The van der Waals surface area contributed by atoms with Crippen molar-refractivity contribution in [1.29, 1.82) is 0 Å². The summed E-state index contributed by atoms with van der Waals surface area (Å²) in [7, 11) is 0. The number of carboxylic acid groups (broad SMARTS) is 2. The quantitative estimate of drug-likeness (QED) is 0.410. The second-order valence-electron chi connectivity index (χ2n) is 7.80. The van der Waals surface area contributed by atoms with Gasteiger partial charge in [0, 0.05) is 15.9 Å². The van der Waals surface area contributed by atoms with Gasteiger partial charge in [0.25, 0.3) is 5.91 Å². The summed E-state index contributed by atoms with van der Waals surface area (Å²) >= 11 is 13.4. The van der Waals surface area contributed by atoms with E-state index in [0.717, 1.165) is 16.9 Å². The minimum absolute atomic E-state index is 0.00561. The number of aliphatic carboxylic acids is 1. The first-order valence-corrected chi connectivity index (χ1v) is 11.8. The minimum atomic E-state index is -1.16. The van der Waals surface area contributed by atoms with Crippen molar-refractivity contribution in [3.63, 3.8) is 0 Å². The van der Waals surface area contributed by atoms with Crippen LogP contribution >= 0.6 is 34.5 Å². The van der Waals surface area contributed by atoms with Crippen molar-refractivity contribution >= 4 is 58.1 Å². The van der Waals surface area contributed by atoms with Gasteiger partial charge in [-0.25, -0.2) is 4.79 Å². The van der Waals surface area contributed by atoms with E-state index in [0.29, 0.717) is 22.7 Å². The molecule has 4 rings (SSSR count). The van der Waals surface area contributed by atoms with Crippen LogP contribution in [-0.2, 0) is 4.79 Å². The van der Waals surface area contributed by atoms with Gasteiger partial charge in [-0.1, -0.05) is 53.5 Å². The van der Waals surface area contributed by atoms with Crippen molar-refractivity contribution in [2.75, 3.05) is 4.90 Å². The number of hydrogen-bond donors (Lipinski definition) is 2. The molecule has 1 fully saturated rings. The van der Waals surface area contributed by atoms with Crippen LogP contribution in [0.15, 0.2) is 54.6 Å². The molecule has 0 radical (unpaired) electrons. The highest BCUT2D eigenvalue weighted by Gasteiger charge is 2.39. The van der Waals surface area contributed by atoms with E-state index in [1.807, 2.05) is 30.3 Å². The smallest absolute Gasteiger partial charge is 0.348 e. The summed E-state index contributed by atoms with van der Waals surface area (Å²) in [5.74, 6) is -3.19. The van der Waals surface area contributed by atoms with E-state index in [2.05, 4.69) is 0 Å². The van der Waals surface area contributed by atoms with Crippen molar-refractivity contribution < 1.29 is 24.6 Å². The summed E-state index contributed by atoms with van der Waals surface area (Å²) in [5, 5.41) is 19.9. The number of carboxylic acids is 2. The number of hydrogen-bond acceptors (Lipinski definition) is 4. The molecule has 0 saturated heterocycles. The minimum Gasteiger partial charge on any atom is -0.481 e. The van der Waals surface area contributed by atoms with E-state index >= 15 is 0 Å². The van der Waals surface area contributed by atoms with Crippen LogP contribution in [0, 0.1) is 5.92 Å². The number of carbonyl (C=O) groups is 3. The molecule has 3 aromatic rings. The van der Waals surface area contributed by atoms with Crippen LogP contribution in [0.3, 0.4) is 0 Å². The molecule has 33 heavy (non-hydrogen) atoms. The standard InChI is InChI=1S/C24H19Cl2NO5S/c25-15-7-9-17(18(26)11-15)22(28)27(16-8-6-14(10-16)23(29)30)19-12-20(33-21(19)24(31)32)13-4-2-1-3-5-13/h1-5,7,9,11-12,14,16H,6,8,10H2,(H,29,30)(H,31,32). The lowest BCUT2D eigenvalue weighted by Gasteiger charge is -2.29. The maximum atomic E-state index is 13.7. The van der Waals surface area contributed by atoms with Gasteiger partial charge in [0.15, 0.2) is 0 Å². The zero-order chi connectivity index (χ0) is 23.7. The Hall–Kier alpha value is -2.87. The first-order chi connectivity index (χ1) is 15.8. The van der Waals surface area contributed by atoms with Crippen molar-refractivity contribution in [3.8, 4) is 10.4 Å². The van der Waals surface area contributed by atoms with Crippen LogP contribution < -0.4 is 4.90 Å². The molecule has 0 aliphatic heterocycles. The number of nitrogens with zero attached hydrogens (tertiary/aromatic N) is 1. The zero-order valence-corrected chi connectivity index (χ0v) is 19.5. The number of anilines is 1. The molecular weight excluding hydrogens is 485 g/mol. The number of halogens is 2. The topological polar surface area (TPSA) is 94.9 Å². The Morgan fingerprint density at radius 1 is 0.970 bits per heavy atom. The van der Waals surface area contributed by atoms with Gasteiger partial charge in [-0.3, -0.25) is 9.59 Å². The Morgan fingerprint density at radius 2 is 1.70 bits per heavy atom. The maximum absolute atomic E-state index is 13.7. The SMILES string of the molecule is O=C(O)c1sc(-c2ccccc2)cc1N(C(=O)c1ccc(Cl)cc1Cl)C1CCC(C(=O)O)C1. The molecule has 1 aliphatic rings. The summed E-state index contributed by atoms with van der Waals surface area (Å²) in [5.41, 5.74) is 1.23. The molecule has 2 atom stereocenters. The van der Waals surface area contributed by atoms with Gasteiger partial charge in [0.1, 0.15) is 4.88 Å². The van der Waals surface area contributed by atoms with Crippen molar-refractivity contribution in [3.05, 3.63) is 75.1 Å². The third kappa shape index (κ3) is 4.76. The fourth-order valence-corrected chi connectivity index (χ4v) is 5.62. The second kappa shape index (κ2) is 9.55. The Bertz CT molecular complexity index is 1230. The van der Waals surface area contributed by atoms with Crippen LogP contribution in [0.1, 0.15) is 39.3 Å². The second-order valence-corrected chi connectivity index (χ2v) is 9.69. The molecule has 1 amide bonds. The van der Waals surface area contributed by atoms with E-state index in [4.69, 9.17) is 23.2 Å². The molecule has 6 nitrogen and oxygen atoms in total. The average molecular weight is 504 g/mol. The Morgan fingerprint density at radius 3 is 2.30 bits per heavy atom. The van der Waals surface area contributed by atoms with Gasteiger partial charge >= 0.3 is 11.9 Å². The highest BCUT2D eigenvalue weighted by atomic mass is 35.5. The van der Waals surface area contributed by atoms with E-state index in [1.165, 1.54) is 23.1 Å². The number of amides is 1. The van der Waals surface area contributed by atoms with Gasteiger partial charge in [0.2, 0.25) is 0 Å². The van der Waals surface area contributed by atoms with Crippen LogP contribution in [0.2, 0.25) is 10.0 Å². The predicted molar refractivity (Wildman–Crippen MR) is 129 cm³/mol. The molecule has 1 heterocycles. The fraction of sp³-hybridized carbons (Fsp3) is 0.208. The van der Waals surface area contributed by atoms with E-state index in [-0.39, 0.29) is 27.6 Å². The van der Waals surface area contributed by atoms with Crippen molar-refractivity contribution in [2.45, 2.75) is 25.3 Å². The Kier molecular flexibility index (Phi) is 6.74. The summed E-state index contributed by atoms with van der Waals surface area (Å²) in [4.78, 5) is 39.6. The zero-order valence-electron chi connectivity index (χ0n) is 17.2. The molecule has 0 spiro atoms. The third-order valence-corrected chi connectivity index (χ3v) is 7.43. The molecule has 170 valence electrons. The molecular formula is C24H19Cl2NO5S. The first kappa shape index (κ1) is 23.3. The molecule has 0 bridgehead atoms. The third-order valence-electron chi connectivity index (χ3n) is 5.72. The van der Waals surface area contributed by atoms with Gasteiger partial charge in [-0.05, 0) is 49.1 Å². The van der Waals surface area contributed by atoms with Gasteiger partial charge in [-0.15, -0.1) is 11.3 Å². The van der Waals surface area contributed by atoms with Crippen LogP contribution in [0.4, 0.5) is 5.69 Å². The average Bonchev–Trinajstić information content (AvgIpc) is 3.43. The summed E-state index contributed by atoms with van der Waals surface area (Å²) in [6.45, 7) is 0. The number of benzene rings is 2. The summed E-state index contributed by atoms with van der Waals surface area (Å²) < 4.78 is 0. The number of rotatable bonds is 6. The highest BCUT2D eigenvalue weighted by molar-refractivity contribution is 7.18. The number of aromatic carboxylic acids is 1. The lowest BCUT2D eigenvalue weighted by molar-refractivity contribution is -0.141. The van der Waals surface area contributed by atoms with Crippen LogP contribution in [0.5, 0.6) is 0 Å². The first-order valence-electron chi connectivity index (χ1n) is 10.2. The van der Waals surface area contributed by atoms with Gasteiger partial charge in [0.05, 0.1) is 22.2 Å². The molecule has 9 heteroatoms. The Labute approximate surface area is 204 Å². The Balaban J connectivity index is 1.84. The molecule has 1 aliphatic carbocycles. The molecule has 2 aromatic carbocycles.